The second kappa shape index (κ2) is 14.2. The third-order valence-corrected chi connectivity index (χ3v) is 5.65. The summed E-state index contributed by atoms with van der Waals surface area (Å²) < 4.78 is 38.6. The van der Waals surface area contributed by atoms with E-state index in [9.17, 15) is 18.0 Å². The molecule has 1 heterocycles. The predicted octanol–water partition coefficient (Wildman–Crippen LogP) is 6.91. The van der Waals surface area contributed by atoms with Gasteiger partial charge in [0, 0.05) is 24.3 Å². The standard InChI is InChI=1S/C23H32ClF3N4O/c24-20-15-18(14-19(17-20)23(25,26)27)16-21(32)12-10-8-6-4-2-1-3-5-7-9-11-13-22-28-30-31-29-22/h14-15,17H,1-13,16H2,(H,28,29,30,31). The lowest BCUT2D eigenvalue weighted by Gasteiger charge is -2.09. The van der Waals surface area contributed by atoms with Crippen molar-refractivity contribution in [2.75, 3.05) is 0 Å². The van der Waals surface area contributed by atoms with Gasteiger partial charge in [-0.2, -0.15) is 18.4 Å². The highest BCUT2D eigenvalue weighted by Gasteiger charge is 2.31. The summed E-state index contributed by atoms with van der Waals surface area (Å²) in [7, 11) is 0. The molecular weight excluding hydrogens is 441 g/mol. The van der Waals surface area contributed by atoms with Gasteiger partial charge in [0.25, 0.3) is 0 Å². The van der Waals surface area contributed by atoms with E-state index in [1.807, 2.05) is 0 Å². The highest BCUT2D eigenvalue weighted by molar-refractivity contribution is 6.30. The molecule has 0 amide bonds. The molecule has 5 nitrogen and oxygen atoms in total. The van der Waals surface area contributed by atoms with Crippen LogP contribution in [0.3, 0.4) is 0 Å². The number of ketones is 1. The fourth-order valence-corrected chi connectivity index (χ4v) is 3.97. The Morgan fingerprint density at radius 2 is 1.47 bits per heavy atom. The number of aryl methyl sites for hydroxylation is 1. The number of aromatic amines is 1. The Bertz CT molecular complexity index is 797. The number of hydrogen-bond donors (Lipinski definition) is 1. The zero-order valence-electron chi connectivity index (χ0n) is 18.4. The first kappa shape index (κ1) is 26.3. The quantitative estimate of drug-likeness (QED) is 0.269. The van der Waals surface area contributed by atoms with Crippen LogP contribution >= 0.6 is 11.6 Å². The monoisotopic (exact) mass is 472 g/mol. The molecule has 0 aliphatic heterocycles. The summed E-state index contributed by atoms with van der Waals surface area (Å²) in [6, 6.07) is 3.33. The number of halogens is 4. The van der Waals surface area contributed by atoms with Crippen LogP contribution in [0, 0.1) is 0 Å². The average Bonchev–Trinajstić information content (AvgIpc) is 3.24. The summed E-state index contributed by atoms with van der Waals surface area (Å²) >= 11 is 5.77. The number of rotatable bonds is 16. The maximum Gasteiger partial charge on any atom is 0.416 e. The van der Waals surface area contributed by atoms with Crippen LogP contribution in [-0.2, 0) is 23.8 Å². The molecule has 2 aromatic rings. The summed E-state index contributed by atoms with van der Waals surface area (Å²) in [6.07, 6.45) is 9.30. The third-order valence-electron chi connectivity index (χ3n) is 5.43. The average molecular weight is 473 g/mol. The maximum absolute atomic E-state index is 12.9. The molecule has 1 aromatic heterocycles. The third kappa shape index (κ3) is 11.1. The molecule has 9 heteroatoms. The zero-order valence-corrected chi connectivity index (χ0v) is 19.1. The summed E-state index contributed by atoms with van der Waals surface area (Å²) in [5.74, 6) is 0.742. The first-order chi connectivity index (χ1) is 15.3. The number of carbonyl (C=O) groups is 1. The molecule has 0 aliphatic carbocycles. The SMILES string of the molecule is O=C(CCCCCCCCCCCCCc1nn[nH]n1)Cc1cc(Cl)cc(C(F)(F)F)c1. The van der Waals surface area contributed by atoms with Crippen molar-refractivity contribution < 1.29 is 18.0 Å². The van der Waals surface area contributed by atoms with Gasteiger partial charge in [-0.15, -0.1) is 10.2 Å². The molecule has 0 fully saturated rings. The van der Waals surface area contributed by atoms with Crippen molar-refractivity contribution in [3.8, 4) is 0 Å². The number of tetrazole rings is 1. The lowest BCUT2D eigenvalue weighted by molar-refractivity contribution is -0.137. The number of unbranched alkanes of at least 4 members (excludes halogenated alkanes) is 10. The van der Waals surface area contributed by atoms with E-state index in [1.54, 1.807) is 0 Å². The molecule has 0 saturated carbocycles. The molecule has 178 valence electrons. The van der Waals surface area contributed by atoms with Gasteiger partial charge in [0.15, 0.2) is 5.82 Å². The molecule has 0 unspecified atom stereocenters. The van der Waals surface area contributed by atoms with Gasteiger partial charge in [-0.25, -0.2) is 0 Å². The number of alkyl halides is 3. The van der Waals surface area contributed by atoms with E-state index < -0.39 is 11.7 Å². The lowest BCUT2D eigenvalue weighted by atomic mass is 10.0. The van der Waals surface area contributed by atoms with E-state index in [0.29, 0.717) is 12.0 Å². The Kier molecular flexibility index (Phi) is 11.7. The maximum atomic E-state index is 12.9. The molecule has 32 heavy (non-hydrogen) atoms. The summed E-state index contributed by atoms with van der Waals surface area (Å²) in [5.41, 5.74) is -0.485. The summed E-state index contributed by atoms with van der Waals surface area (Å²) in [4.78, 5) is 12.1. The van der Waals surface area contributed by atoms with Crippen molar-refractivity contribution in [1.82, 2.24) is 20.6 Å². The number of hydrogen-bond acceptors (Lipinski definition) is 4. The second-order valence-electron chi connectivity index (χ2n) is 8.28. The molecule has 2 rings (SSSR count). The largest absolute Gasteiger partial charge is 0.416 e. The molecule has 0 saturated heterocycles. The fraction of sp³-hybridized carbons (Fsp3) is 0.652. The van der Waals surface area contributed by atoms with Crippen molar-refractivity contribution in [3.63, 3.8) is 0 Å². The number of nitrogens with zero attached hydrogens (tertiary/aromatic N) is 3. The van der Waals surface area contributed by atoms with Crippen molar-refractivity contribution >= 4 is 17.4 Å². The minimum absolute atomic E-state index is 0.00125. The van der Waals surface area contributed by atoms with Crippen LogP contribution in [0.1, 0.15) is 94.0 Å². The van der Waals surface area contributed by atoms with Gasteiger partial charge < -0.3 is 0 Å². The van der Waals surface area contributed by atoms with E-state index in [2.05, 4.69) is 20.6 Å². The lowest BCUT2D eigenvalue weighted by Crippen LogP contribution is -2.08. The minimum atomic E-state index is -4.46. The number of Topliss-reactive ketones (excluding diaryl/α,β-unsaturated/α-hetero) is 1. The number of carbonyl (C=O) groups excluding carboxylic acids is 1. The Labute approximate surface area is 192 Å². The summed E-state index contributed by atoms with van der Waals surface area (Å²) in [6.45, 7) is 0. The van der Waals surface area contributed by atoms with Gasteiger partial charge in [0.2, 0.25) is 0 Å². The van der Waals surface area contributed by atoms with E-state index in [-0.39, 0.29) is 17.2 Å². The second-order valence-corrected chi connectivity index (χ2v) is 8.71. The summed E-state index contributed by atoms with van der Waals surface area (Å²) in [5, 5.41) is 13.9. The first-order valence-electron chi connectivity index (χ1n) is 11.5. The van der Waals surface area contributed by atoms with Gasteiger partial charge in [-0.05, 0) is 36.6 Å². The van der Waals surface area contributed by atoms with E-state index in [1.165, 1.54) is 44.6 Å². The minimum Gasteiger partial charge on any atom is -0.299 e. The molecule has 1 aromatic carbocycles. The molecule has 0 spiro atoms. The van der Waals surface area contributed by atoms with Crippen molar-refractivity contribution in [3.05, 3.63) is 40.2 Å². The zero-order chi connectivity index (χ0) is 23.2. The van der Waals surface area contributed by atoms with Crippen molar-refractivity contribution in [2.24, 2.45) is 0 Å². The van der Waals surface area contributed by atoms with Crippen LogP contribution in [0.15, 0.2) is 18.2 Å². The van der Waals surface area contributed by atoms with E-state index >= 15 is 0 Å². The van der Waals surface area contributed by atoms with Gasteiger partial charge in [0.05, 0.1) is 5.56 Å². The van der Waals surface area contributed by atoms with Crippen LogP contribution in [0.2, 0.25) is 5.02 Å². The Morgan fingerprint density at radius 3 is 2.03 bits per heavy atom. The molecule has 0 bridgehead atoms. The predicted molar refractivity (Wildman–Crippen MR) is 118 cm³/mol. The smallest absolute Gasteiger partial charge is 0.299 e. The van der Waals surface area contributed by atoms with Crippen LogP contribution in [0.5, 0.6) is 0 Å². The molecule has 0 aliphatic rings. The van der Waals surface area contributed by atoms with Gasteiger partial charge in [-0.1, -0.05) is 74.6 Å². The number of nitrogens with one attached hydrogen (secondary N) is 1. The highest BCUT2D eigenvalue weighted by Crippen LogP contribution is 2.32. The number of benzene rings is 1. The van der Waals surface area contributed by atoms with E-state index in [4.69, 9.17) is 11.6 Å². The first-order valence-corrected chi connectivity index (χ1v) is 11.8. The van der Waals surface area contributed by atoms with Gasteiger partial charge >= 0.3 is 6.18 Å². The number of aromatic nitrogens is 4. The van der Waals surface area contributed by atoms with Crippen molar-refractivity contribution in [2.45, 2.75) is 96.1 Å². The van der Waals surface area contributed by atoms with Gasteiger partial charge in [-0.3, -0.25) is 4.79 Å². The van der Waals surface area contributed by atoms with Gasteiger partial charge in [0.1, 0.15) is 5.78 Å². The molecule has 1 N–H and O–H groups in total. The van der Waals surface area contributed by atoms with Crippen molar-refractivity contribution in [1.29, 1.82) is 0 Å². The van der Waals surface area contributed by atoms with Crippen LogP contribution in [-0.4, -0.2) is 26.4 Å². The molecule has 0 atom stereocenters. The Balaban J connectivity index is 1.43. The Hall–Kier alpha value is -1.96. The molecule has 0 radical (unpaired) electrons. The normalized spacial score (nSPS) is 11.8. The number of H-pyrrole nitrogens is 1. The molecular formula is C23H32ClF3N4O. The van der Waals surface area contributed by atoms with Crippen LogP contribution in [0.25, 0.3) is 0 Å². The highest BCUT2D eigenvalue weighted by atomic mass is 35.5. The van der Waals surface area contributed by atoms with Crippen LogP contribution in [0.4, 0.5) is 13.2 Å². The fourth-order valence-electron chi connectivity index (χ4n) is 3.72. The Morgan fingerprint density at radius 1 is 0.875 bits per heavy atom. The van der Waals surface area contributed by atoms with E-state index in [0.717, 1.165) is 56.5 Å². The topological polar surface area (TPSA) is 71.5 Å². The van der Waals surface area contributed by atoms with Crippen LogP contribution < -0.4 is 0 Å².